The molecule has 2 rings (SSSR count). The molecule has 3 unspecified atom stereocenters. The molecule has 0 aromatic carbocycles. The van der Waals surface area contributed by atoms with Crippen LogP contribution < -0.4 is 11.1 Å². The van der Waals surface area contributed by atoms with Crippen LogP contribution in [0.3, 0.4) is 0 Å². The molecule has 2 aliphatic heterocycles. The van der Waals surface area contributed by atoms with Crippen LogP contribution in [0.15, 0.2) is 0 Å². The Kier molecular flexibility index (Phi) is 4.99. The summed E-state index contributed by atoms with van der Waals surface area (Å²) in [6.07, 6.45) is 4.94. The van der Waals surface area contributed by atoms with E-state index in [4.69, 9.17) is 10.8 Å². The maximum atomic E-state index is 11.8. The second-order valence-corrected chi connectivity index (χ2v) is 6.17. The van der Waals surface area contributed by atoms with Crippen LogP contribution in [0.1, 0.15) is 38.5 Å². The van der Waals surface area contributed by atoms with Gasteiger partial charge in [0.05, 0.1) is 6.04 Å². The molecule has 6 nitrogen and oxygen atoms in total. The monoisotopic (exact) mass is 283 g/mol. The maximum absolute atomic E-state index is 11.8. The Labute approximate surface area is 119 Å². The standard InChI is InChI=1S/C14H25N3O3/c1-17-10-2-3-11(17)7-9(6-10)8-16-14(20)12(15)4-5-13(18)19/h9-12H,2-8,15H2,1H3,(H,16,20)(H,18,19). The first kappa shape index (κ1) is 15.3. The maximum Gasteiger partial charge on any atom is 0.303 e. The average Bonchev–Trinajstić information content (AvgIpc) is 2.65. The lowest BCUT2D eigenvalue weighted by atomic mass is 9.91. The zero-order chi connectivity index (χ0) is 14.7. The highest BCUT2D eigenvalue weighted by atomic mass is 16.4. The summed E-state index contributed by atoms with van der Waals surface area (Å²) in [6, 6.07) is 0.613. The Bertz CT molecular complexity index is 361. The number of nitrogens with one attached hydrogen (secondary N) is 1. The lowest BCUT2D eigenvalue weighted by Crippen LogP contribution is -2.46. The number of carboxylic acids is 1. The first-order valence-electron chi connectivity index (χ1n) is 7.44. The molecule has 2 heterocycles. The van der Waals surface area contributed by atoms with E-state index in [1.165, 1.54) is 12.8 Å². The van der Waals surface area contributed by atoms with Crippen molar-refractivity contribution in [1.29, 1.82) is 0 Å². The molecule has 4 N–H and O–H groups in total. The predicted molar refractivity (Wildman–Crippen MR) is 75.2 cm³/mol. The molecule has 0 aromatic rings. The van der Waals surface area contributed by atoms with Crippen molar-refractivity contribution in [1.82, 2.24) is 10.2 Å². The number of nitrogens with two attached hydrogens (primary N) is 1. The lowest BCUT2D eigenvalue weighted by Gasteiger charge is -2.36. The molecule has 1 amide bonds. The van der Waals surface area contributed by atoms with Crippen molar-refractivity contribution < 1.29 is 14.7 Å². The quantitative estimate of drug-likeness (QED) is 0.646. The van der Waals surface area contributed by atoms with Crippen LogP contribution in [0.25, 0.3) is 0 Å². The minimum absolute atomic E-state index is 0.0625. The third kappa shape index (κ3) is 3.70. The molecular formula is C14H25N3O3. The first-order valence-corrected chi connectivity index (χ1v) is 7.44. The van der Waals surface area contributed by atoms with E-state index >= 15 is 0 Å². The van der Waals surface area contributed by atoms with Crippen LogP contribution in [0.5, 0.6) is 0 Å². The van der Waals surface area contributed by atoms with Crippen molar-refractivity contribution >= 4 is 11.9 Å². The number of hydrogen-bond donors (Lipinski definition) is 3. The summed E-state index contributed by atoms with van der Waals surface area (Å²) in [4.78, 5) is 24.7. The third-order valence-corrected chi connectivity index (χ3v) is 4.77. The summed E-state index contributed by atoms with van der Waals surface area (Å²) in [7, 11) is 2.19. The van der Waals surface area contributed by atoms with Gasteiger partial charge in [-0.05, 0) is 45.1 Å². The van der Waals surface area contributed by atoms with Gasteiger partial charge in [-0.3, -0.25) is 9.59 Å². The van der Waals surface area contributed by atoms with Gasteiger partial charge in [-0.2, -0.15) is 0 Å². The van der Waals surface area contributed by atoms with Crippen LogP contribution in [-0.4, -0.2) is 53.6 Å². The van der Waals surface area contributed by atoms with E-state index < -0.39 is 12.0 Å². The van der Waals surface area contributed by atoms with E-state index in [2.05, 4.69) is 17.3 Å². The van der Waals surface area contributed by atoms with Gasteiger partial charge in [-0.15, -0.1) is 0 Å². The van der Waals surface area contributed by atoms with E-state index in [9.17, 15) is 9.59 Å². The van der Waals surface area contributed by atoms with E-state index in [-0.39, 0.29) is 18.7 Å². The Morgan fingerprint density at radius 3 is 2.50 bits per heavy atom. The van der Waals surface area contributed by atoms with Crippen LogP contribution in [-0.2, 0) is 9.59 Å². The molecule has 0 aromatic heterocycles. The fourth-order valence-corrected chi connectivity index (χ4v) is 3.48. The number of rotatable bonds is 6. The predicted octanol–water partition coefficient (Wildman–Crippen LogP) is 0.168. The van der Waals surface area contributed by atoms with Crippen molar-refractivity contribution in [3.63, 3.8) is 0 Å². The Morgan fingerprint density at radius 2 is 1.95 bits per heavy atom. The number of carbonyl (C=O) groups excluding carboxylic acids is 1. The van der Waals surface area contributed by atoms with Gasteiger partial charge in [-0.1, -0.05) is 0 Å². The van der Waals surface area contributed by atoms with Gasteiger partial charge in [0, 0.05) is 25.0 Å². The zero-order valence-electron chi connectivity index (χ0n) is 12.0. The molecule has 2 bridgehead atoms. The topological polar surface area (TPSA) is 95.7 Å². The SMILES string of the molecule is CN1C2CCC1CC(CNC(=O)C(N)CCC(=O)O)C2. The van der Waals surface area contributed by atoms with Crippen LogP contribution in [0.4, 0.5) is 0 Å². The summed E-state index contributed by atoms with van der Waals surface area (Å²) >= 11 is 0. The van der Waals surface area contributed by atoms with Crippen LogP contribution in [0, 0.1) is 5.92 Å². The number of carbonyl (C=O) groups is 2. The molecule has 0 radical (unpaired) electrons. The summed E-state index contributed by atoms with van der Waals surface area (Å²) in [5.74, 6) is -0.614. The van der Waals surface area contributed by atoms with Crippen molar-refractivity contribution in [2.75, 3.05) is 13.6 Å². The molecular weight excluding hydrogens is 258 g/mol. The molecule has 0 saturated carbocycles. The largest absolute Gasteiger partial charge is 0.481 e. The molecule has 6 heteroatoms. The normalized spacial score (nSPS) is 31.0. The highest BCUT2D eigenvalue weighted by molar-refractivity contribution is 5.82. The van der Waals surface area contributed by atoms with Crippen molar-refractivity contribution in [2.45, 2.75) is 56.7 Å². The molecule has 0 spiro atoms. The minimum atomic E-state index is -0.917. The minimum Gasteiger partial charge on any atom is -0.481 e. The van der Waals surface area contributed by atoms with E-state index in [0.717, 1.165) is 12.8 Å². The first-order chi connectivity index (χ1) is 9.47. The lowest BCUT2D eigenvalue weighted by molar-refractivity contribution is -0.137. The molecule has 2 aliphatic rings. The third-order valence-electron chi connectivity index (χ3n) is 4.77. The summed E-state index contributed by atoms with van der Waals surface area (Å²) < 4.78 is 0. The fourth-order valence-electron chi connectivity index (χ4n) is 3.48. The number of hydrogen-bond acceptors (Lipinski definition) is 4. The number of amides is 1. The number of piperidine rings is 1. The Balaban J connectivity index is 1.70. The van der Waals surface area contributed by atoms with Gasteiger partial charge >= 0.3 is 5.97 Å². The van der Waals surface area contributed by atoms with Crippen molar-refractivity contribution in [2.24, 2.45) is 11.7 Å². The van der Waals surface area contributed by atoms with Gasteiger partial charge in [-0.25, -0.2) is 0 Å². The summed E-state index contributed by atoms with van der Waals surface area (Å²) in [5.41, 5.74) is 5.69. The molecule has 2 fully saturated rings. The smallest absolute Gasteiger partial charge is 0.303 e. The van der Waals surface area contributed by atoms with E-state index in [0.29, 0.717) is 24.5 Å². The Morgan fingerprint density at radius 1 is 1.35 bits per heavy atom. The van der Waals surface area contributed by atoms with E-state index in [1.54, 1.807) is 0 Å². The number of fused-ring (bicyclic) bond motifs is 2. The second-order valence-electron chi connectivity index (χ2n) is 6.17. The summed E-state index contributed by atoms with van der Waals surface area (Å²) in [6.45, 7) is 0.667. The van der Waals surface area contributed by atoms with Crippen LogP contribution in [0.2, 0.25) is 0 Å². The van der Waals surface area contributed by atoms with Crippen molar-refractivity contribution in [3.05, 3.63) is 0 Å². The highest BCUT2D eigenvalue weighted by Gasteiger charge is 2.38. The fraction of sp³-hybridized carbons (Fsp3) is 0.857. The van der Waals surface area contributed by atoms with Gasteiger partial charge in [0.15, 0.2) is 0 Å². The average molecular weight is 283 g/mol. The van der Waals surface area contributed by atoms with E-state index in [1.807, 2.05) is 0 Å². The zero-order valence-corrected chi connectivity index (χ0v) is 12.0. The van der Waals surface area contributed by atoms with Gasteiger partial charge in [0.25, 0.3) is 0 Å². The second kappa shape index (κ2) is 6.54. The van der Waals surface area contributed by atoms with Gasteiger partial charge in [0.2, 0.25) is 5.91 Å². The number of nitrogens with zero attached hydrogens (tertiary/aromatic N) is 1. The molecule has 20 heavy (non-hydrogen) atoms. The molecule has 114 valence electrons. The highest BCUT2D eigenvalue weighted by Crippen LogP contribution is 2.36. The number of aliphatic carboxylic acids is 1. The van der Waals surface area contributed by atoms with Gasteiger partial charge < -0.3 is 21.1 Å². The molecule has 2 saturated heterocycles. The summed E-state index contributed by atoms with van der Waals surface area (Å²) in [5, 5.41) is 11.5. The Hall–Kier alpha value is -1.14. The van der Waals surface area contributed by atoms with Gasteiger partial charge in [0.1, 0.15) is 0 Å². The van der Waals surface area contributed by atoms with Crippen molar-refractivity contribution in [3.8, 4) is 0 Å². The molecule has 0 aliphatic carbocycles. The number of carboxylic acid groups (broad SMARTS) is 1. The molecule has 3 atom stereocenters. The van der Waals surface area contributed by atoms with Crippen LogP contribution >= 0.6 is 0 Å².